The second-order valence-corrected chi connectivity index (χ2v) is 26.6. The number of esters is 1. The number of phenols is 2. The van der Waals surface area contributed by atoms with E-state index in [2.05, 4.69) is 5.32 Å². The van der Waals surface area contributed by atoms with Crippen LogP contribution in [0.3, 0.4) is 0 Å². The first-order valence-corrected chi connectivity index (χ1v) is 35.4. The van der Waals surface area contributed by atoms with Crippen molar-refractivity contribution in [1.82, 2.24) is 5.32 Å². The summed E-state index contributed by atoms with van der Waals surface area (Å²) in [5.74, 6) is -1.01. The van der Waals surface area contributed by atoms with E-state index in [9.17, 15) is 102 Å². The maximum atomic E-state index is 13.8. The standard InChI is InChI=1S/C69H99NO36/c71-28-42-47(77)51(81)55(85)64(101-42)95-21-5-16-91-32-46-59(92-18-6-22-96-65-56(86)52(82)48(78)43(29-72)102-65)60(93-19-7-23-97-66-57(87)53(83)49(79)44(30-73)103-66)61(94-20-8-24-98-67-58(88)54(84)50(80)45(31-74)104-67)68(105-46)99-17-4-2-1-3-15-70-62(89)33-9-12-37-36(25-33)63(90)106-69(37)38-13-10-34(75)26-40(38)100-41-27-35(76)11-14-39(41)69/h9-14,25-27,42-61,64-68,71-88H,1-8,15-24,28-32H2,(H,70,89)/t42-,43-,44-,45-,46-,47-,48-,49-,50-,51+,52+,53+,54+,55+,56+,57+,58+,59-,60+,61-,64+,65+,66+,67+,68-/m1/s1. The Hall–Kier alpha value is -5.20. The largest absolute Gasteiger partial charge is 0.508 e. The van der Waals surface area contributed by atoms with Gasteiger partial charge in [0.15, 0.2) is 37.1 Å². The van der Waals surface area contributed by atoms with Crippen molar-refractivity contribution in [3.8, 4) is 23.0 Å². The van der Waals surface area contributed by atoms with Crippen LogP contribution in [-0.2, 0) is 76.7 Å². The lowest BCUT2D eigenvalue weighted by Crippen LogP contribution is -2.62. The van der Waals surface area contributed by atoms with Crippen LogP contribution < -0.4 is 10.1 Å². The molecule has 0 bridgehead atoms. The molecule has 7 heterocycles. The lowest BCUT2D eigenvalue weighted by Gasteiger charge is -2.46. The summed E-state index contributed by atoms with van der Waals surface area (Å²) in [6.07, 6.45) is -34.6. The molecule has 5 fully saturated rings. The molecule has 7 aliphatic rings. The normalized spacial score (nSPS) is 34.8. The highest BCUT2D eigenvalue weighted by Crippen LogP contribution is 2.57. The first-order valence-electron chi connectivity index (χ1n) is 35.4. The summed E-state index contributed by atoms with van der Waals surface area (Å²) in [6, 6.07) is 13.4. The smallest absolute Gasteiger partial charge is 0.340 e. The second kappa shape index (κ2) is 39.1. The van der Waals surface area contributed by atoms with Crippen molar-refractivity contribution in [3.63, 3.8) is 0 Å². The van der Waals surface area contributed by atoms with Crippen LogP contribution in [0.2, 0.25) is 0 Å². The van der Waals surface area contributed by atoms with Crippen molar-refractivity contribution in [1.29, 1.82) is 0 Å². The Bertz CT molecular complexity index is 3170. The number of ether oxygens (including phenoxy) is 16. The molecule has 37 nitrogen and oxygen atoms in total. The van der Waals surface area contributed by atoms with Gasteiger partial charge in [-0.1, -0.05) is 18.9 Å². The van der Waals surface area contributed by atoms with E-state index in [0.717, 1.165) is 0 Å². The summed E-state index contributed by atoms with van der Waals surface area (Å²) in [5, 5.41) is 188. The number of fused-ring (bicyclic) bond motifs is 6. The van der Waals surface area contributed by atoms with Gasteiger partial charge >= 0.3 is 5.97 Å². The van der Waals surface area contributed by atoms with Crippen LogP contribution in [0.1, 0.15) is 88.8 Å². The number of aliphatic hydroxyl groups is 16. The van der Waals surface area contributed by atoms with E-state index in [-0.39, 0.29) is 132 Å². The molecule has 106 heavy (non-hydrogen) atoms. The predicted octanol–water partition coefficient (Wildman–Crippen LogP) is -5.30. The van der Waals surface area contributed by atoms with Crippen molar-refractivity contribution in [2.24, 2.45) is 0 Å². The Labute approximate surface area is 607 Å². The maximum Gasteiger partial charge on any atom is 0.340 e. The number of amides is 1. The molecule has 10 rings (SSSR count). The van der Waals surface area contributed by atoms with Gasteiger partial charge in [0.1, 0.15) is 145 Å². The number of hydrogen-bond donors (Lipinski definition) is 19. The molecule has 0 aromatic heterocycles. The van der Waals surface area contributed by atoms with Crippen molar-refractivity contribution in [3.05, 3.63) is 82.4 Å². The molecule has 0 aliphatic carbocycles. The summed E-state index contributed by atoms with van der Waals surface area (Å²) in [6.45, 7) is -3.95. The van der Waals surface area contributed by atoms with Crippen molar-refractivity contribution in [2.75, 3.05) is 99.0 Å². The Balaban J connectivity index is 0.823. The number of benzene rings is 3. The van der Waals surface area contributed by atoms with Crippen molar-refractivity contribution in [2.45, 2.75) is 210 Å². The van der Waals surface area contributed by atoms with E-state index in [1.807, 2.05) is 0 Å². The zero-order valence-electron chi connectivity index (χ0n) is 57.8. The number of nitrogens with one attached hydrogen (secondary N) is 1. The molecule has 5 saturated heterocycles. The third kappa shape index (κ3) is 19.4. The molecule has 0 unspecified atom stereocenters. The summed E-state index contributed by atoms with van der Waals surface area (Å²) < 4.78 is 96.5. The maximum absolute atomic E-state index is 13.8. The van der Waals surface area contributed by atoms with E-state index in [1.54, 1.807) is 24.3 Å². The van der Waals surface area contributed by atoms with Crippen LogP contribution >= 0.6 is 0 Å². The van der Waals surface area contributed by atoms with Crippen LogP contribution in [0.4, 0.5) is 0 Å². The van der Waals surface area contributed by atoms with E-state index < -0.39 is 197 Å². The van der Waals surface area contributed by atoms with Gasteiger partial charge in [-0.05, 0) is 74.9 Å². The van der Waals surface area contributed by atoms with Gasteiger partial charge in [-0.15, -0.1) is 0 Å². The highest BCUT2D eigenvalue weighted by molar-refractivity contribution is 6.01. The zero-order chi connectivity index (χ0) is 75.9. The van der Waals surface area contributed by atoms with Gasteiger partial charge in [0.2, 0.25) is 0 Å². The zero-order valence-corrected chi connectivity index (χ0v) is 57.8. The number of carbonyl (C=O) groups is 2. The number of rotatable bonds is 38. The highest BCUT2D eigenvalue weighted by atomic mass is 16.7. The molecular weight excluding hydrogens is 1420 g/mol. The minimum absolute atomic E-state index is 0.0383. The van der Waals surface area contributed by atoms with Crippen molar-refractivity contribution >= 4 is 11.9 Å². The van der Waals surface area contributed by atoms with Crippen LogP contribution in [-0.4, -0.2) is 356 Å². The van der Waals surface area contributed by atoms with Gasteiger partial charge in [-0.25, -0.2) is 4.79 Å². The summed E-state index contributed by atoms with van der Waals surface area (Å²) in [4.78, 5) is 27.5. The Morgan fingerprint density at radius 1 is 0.387 bits per heavy atom. The third-order valence-electron chi connectivity index (χ3n) is 19.3. The second-order valence-electron chi connectivity index (χ2n) is 26.6. The van der Waals surface area contributed by atoms with Gasteiger partial charge in [-0.2, -0.15) is 0 Å². The summed E-state index contributed by atoms with van der Waals surface area (Å²) >= 11 is 0. The average molecular weight is 1520 g/mol. The molecule has 0 saturated carbocycles. The Morgan fingerprint density at radius 3 is 1.22 bits per heavy atom. The molecule has 0 radical (unpaired) electrons. The summed E-state index contributed by atoms with van der Waals surface area (Å²) in [7, 11) is 0. The molecule has 596 valence electrons. The van der Waals surface area contributed by atoms with E-state index in [4.69, 9.17) is 75.8 Å². The highest BCUT2D eigenvalue weighted by Gasteiger charge is 2.55. The van der Waals surface area contributed by atoms with E-state index >= 15 is 0 Å². The topological polar surface area (TPSA) is 558 Å². The SMILES string of the molecule is O=C(NCCCCCCO[C@@H]1O[C@H](COCCCO[C@H]2O[C@H](CO)[C@@H](O)[C@H](O)[C@@H]2O)[C@@H](OCCCO[C@H]2O[C@H](CO)[C@@H](O)[C@H](O)[C@@H]2O)[C@H](OCCCO[C@H]2O[C@H](CO)[C@@H](O)[C@H](O)[C@@H]2O)[C@H]1OCCCO[C@H]1O[C@H](CO)[C@@H](O)[C@H](O)[C@@H]1O)c1ccc2c(c1)C(=O)OC21c2ccc(O)cc2Oc2cc(O)ccc21. The molecule has 37 heteroatoms. The summed E-state index contributed by atoms with van der Waals surface area (Å²) in [5.41, 5.74) is 0.0251. The fraction of sp³-hybridized carbons (Fsp3) is 0.710. The molecule has 3 aromatic carbocycles. The number of hydrogen-bond acceptors (Lipinski definition) is 36. The fourth-order valence-corrected chi connectivity index (χ4v) is 13.5. The van der Waals surface area contributed by atoms with E-state index in [1.165, 1.54) is 30.3 Å². The number of phenolic OH excluding ortho intramolecular Hbond substituents is 2. The predicted molar refractivity (Wildman–Crippen MR) is 351 cm³/mol. The average Bonchev–Trinajstić information content (AvgIpc) is 1.48. The van der Waals surface area contributed by atoms with Crippen LogP contribution in [0.5, 0.6) is 23.0 Å². The van der Waals surface area contributed by atoms with Crippen LogP contribution in [0, 0.1) is 0 Å². The first kappa shape index (κ1) is 83.3. The minimum Gasteiger partial charge on any atom is -0.508 e. The lowest BCUT2D eigenvalue weighted by atomic mass is 9.77. The van der Waals surface area contributed by atoms with Crippen LogP contribution in [0.15, 0.2) is 54.6 Å². The number of unbranched alkanes of at least 4 members (excludes halogenated alkanes) is 3. The number of carbonyl (C=O) groups excluding carboxylic acids is 2. The first-order chi connectivity index (χ1) is 51.0. The Kier molecular flexibility index (Phi) is 30.7. The molecule has 1 amide bonds. The lowest BCUT2D eigenvalue weighted by molar-refractivity contribution is -0.326. The van der Waals surface area contributed by atoms with Gasteiger partial charge in [0, 0.05) is 74.0 Å². The molecule has 25 atom stereocenters. The monoisotopic (exact) mass is 1520 g/mol. The third-order valence-corrected chi connectivity index (χ3v) is 19.3. The molecule has 3 aromatic rings. The molecule has 7 aliphatic heterocycles. The quantitative estimate of drug-likeness (QED) is 0.0188. The molecular formula is C69H99NO36. The van der Waals surface area contributed by atoms with E-state index in [0.29, 0.717) is 42.4 Å². The molecule has 1 spiro atoms. The molecule has 19 N–H and O–H groups in total. The fourth-order valence-electron chi connectivity index (χ4n) is 13.5. The van der Waals surface area contributed by atoms with Crippen LogP contribution in [0.25, 0.3) is 0 Å². The van der Waals surface area contributed by atoms with Crippen molar-refractivity contribution < 1.29 is 177 Å². The number of aromatic hydroxyl groups is 2. The van der Waals surface area contributed by atoms with Gasteiger partial charge in [0.05, 0.1) is 65.0 Å². The minimum atomic E-state index is -1.73. The van der Waals surface area contributed by atoms with Gasteiger partial charge in [-0.3, -0.25) is 4.79 Å². The number of aliphatic hydroxyl groups excluding tert-OH is 16. The Morgan fingerprint density at radius 2 is 0.764 bits per heavy atom. The van der Waals surface area contributed by atoms with Gasteiger partial charge < -0.3 is 173 Å². The van der Waals surface area contributed by atoms with Gasteiger partial charge in [0.25, 0.3) is 5.91 Å².